The summed E-state index contributed by atoms with van der Waals surface area (Å²) in [6, 6.07) is 3.89. The molecule has 0 aliphatic carbocycles. The topological polar surface area (TPSA) is 54.4 Å². The van der Waals surface area contributed by atoms with Gasteiger partial charge in [0.25, 0.3) is 0 Å². The van der Waals surface area contributed by atoms with Crippen LogP contribution in [0.5, 0.6) is 5.75 Å². The summed E-state index contributed by atoms with van der Waals surface area (Å²) < 4.78 is 5.46. The summed E-state index contributed by atoms with van der Waals surface area (Å²) >= 11 is 0. The van der Waals surface area contributed by atoms with Crippen molar-refractivity contribution in [2.45, 2.75) is 19.4 Å². The van der Waals surface area contributed by atoms with E-state index < -0.39 is 0 Å². The molecule has 0 amide bonds. The Bertz CT molecular complexity index is 254. The third-order valence-electron chi connectivity index (χ3n) is 1.99. The van der Waals surface area contributed by atoms with Crippen molar-refractivity contribution in [3.8, 4) is 5.75 Å². The molecule has 0 radical (unpaired) electrons. The minimum absolute atomic E-state index is 0.156. The number of ether oxygens (including phenoxy) is 1. The molecular formula is C11H18N2O2. The quantitative estimate of drug-likeness (QED) is 0.654. The van der Waals surface area contributed by atoms with E-state index in [4.69, 9.17) is 9.84 Å². The largest absolute Gasteiger partial charge is 0.492 e. The SMILES string of the molecule is CC(CO)NCCCOc1cccnc1. The Balaban J connectivity index is 2.03. The van der Waals surface area contributed by atoms with Crippen LogP contribution in [-0.4, -0.2) is 35.9 Å². The van der Waals surface area contributed by atoms with Gasteiger partial charge in [0.2, 0.25) is 0 Å². The van der Waals surface area contributed by atoms with E-state index in [2.05, 4.69) is 10.3 Å². The number of rotatable bonds is 7. The zero-order valence-corrected chi connectivity index (χ0v) is 9.02. The zero-order valence-electron chi connectivity index (χ0n) is 9.02. The molecule has 1 rings (SSSR count). The molecule has 1 aromatic heterocycles. The van der Waals surface area contributed by atoms with Crippen LogP contribution in [0.3, 0.4) is 0 Å². The third kappa shape index (κ3) is 5.34. The van der Waals surface area contributed by atoms with Gasteiger partial charge in [0.05, 0.1) is 19.4 Å². The first-order valence-corrected chi connectivity index (χ1v) is 5.20. The second-order valence-electron chi connectivity index (χ2n) is 3.43. The Morgan fingerprint density at radius 2 is 2.47 bits per heavy atom. The van der Waals surface area contributed by atoms with Crippen LogP contribution < -0.4 is 10.1 Å². The van der Waals surface area contributed by atoms with Crippen LogP contribution >= 0.6 is 0 Å². The first kappa shape index (κ1) is 11.9. The second-order valence-corrected chi connectivity index (χ2v) is 3.43. The van der Waals surface area contributed by atoms with E-state index in [1.807, 2.05) is 19.1 Å². The predicted molar refractivity (Wildman–Crippen MR) is 58.9 cm³/mol. The fourth-order valence-corrected chi connectivity index (χ4v) is 1.11. The Morgan fingerprint density at radius 1 is 1.60 bits per heavy atom. The fraction of sp³-hybridized carbons (Fsp3) is 0.545. The van der Waals surface area contributed by atoms with Gasteiger partial charge in [0.1, 0.15) is 5.75 Å². The molecule has 15 heavy (non-hydrogen) atoms. The molecule has 0 spiro atoms. The molecular weight excluding hydrogens is 192 g/mol. The number of pyridine rings is 1. The maximum Gasteiger partial charge on any atom is 0.137 e. The number of hydrogen-bond donors (Lipinski definition) is 2. The van der Waals surface area contributed by atoms with E-state index in [1.54, 1.807) is 12.4 Å². The minimum Gasteiger partial charge on any atom is -0.492 e. The fourth-order valence-electron chi connectivity index (χ4n) is 1.11. The van der Waals surface area contributed by atoms with Crippen LogP contribution in [0.25, 0.3) is 0 Å². The molecule has 0 bridgehead atoms. The van der Waals surface area contributed by atoms with E-state index in [9.17, 15) is 0 Å². The summed E-state index contributed by atoms with van der Waals surface area (Å²) in [5.41, 5.74) is 0. The molecule has 0 aromatic carbocycles. The maximum absolute atomic E-state index is 8.77. The lowest BCUT2D eigenvalue weighted by Gasteiger charge is -2.10. The number of nitrogens with one attached hydrogen (secondary N) is 1. The van der Waals surface area contributed by atoms with Crippen LogP contribution in [0.15, 0.2) is 24.5 Å². The minimum atomic E-state index is 0.156. The standard InChI is InChI=1S/C11H18N2O2/c1-10(9-14)13-6-3-7-15-11-4-2-5-12-8-11/h2,4-5,8,10,13-14H,3,6-7,9H2,1H3. The van der Waals surface area contributed by atoms with Gasteiger partial charge in [-0.15, -0.1) is 0 Å². The van der Waals surface area contributed by atoms with Gasteiger partial charge in [-0.05, 0) is 32.0 Å². The van der Waals surface area contributed by atoms with Gasteiger partial charge in [-0.1, -0.05) is 0 Å². The molecule has 1 unspecified atom stereocenters. The molecule has 0 saturated carbocycles. The monoisotopic (exact) mass is 210 g/mol. The lowest BCUT2D eigenvalue weighted by molar-refractivity contribution is 0.245. The van der Waals surface area contributed by atoms with Gasteiger partial charge in [0, 0.05) is 12.2 Å². The maximum atomic E-state index is 8.77. The molecule has 1 aromatic rings. The van der Waals surface area contributed by atoms with E-state index in [-0.39, 0.29) is 12.6 Å². The highest BCUT2D eigenvalue weighted by Gasteiger charge is 1.97. The zero-order chi connectivity index (χ0) is 10.9. The van der Waals surface area contributed by atoms with Crippen molar-refractivity contribution >= 4 is 0 Å². The number of aliphatic hydroxyl groups is 1. The van der Waals surface area contributed by atoms with E-state index >= 15 is 0 Å². The summed E-state index contributed by atoms with van der Waals surface area (Å²) in [6.45, 7) is 3.63. The van der Waals surface area contributed by atoms with Gasteiger partial charge < -0.3 is 15.2 Å². The molecule has 84 valence electrons. The van der Waals surface area contributed by atoms with Gasteiger partial charge in [-0.2, -0.15) is 0 Å². The average Bonchev–Trinajstić information content (AvgIpc) is 2.29. The van der Waals surface area contributed by atoms with Crippen LogP contribution in [0.2, 0.25) is 0 Å². The Morgan fingerprint density at radius 3 is 3.13 bits per heavy atom. The normalized spacial score (nSPS) is 12.4. The Labute approximate surface area is 90.3 Å². The lowest BCUT2D eigenvalue weighted by Crippen LogP contribution is -2.30. The van der Waals surface area contributed by atoms with Crippen molar-refractivity contribution in [3.63, 3.8) is 0 Å². The molecule has 1 atom stereocenters. The number of hydrogen-bond acceptors (Lipinski definition) is 4. The Kier molecular flexibility index (Phi) is 5.73. The average molecular weight is 210 g/mol. The first-order valence-electron chi connectivity index (χ1n) is 5.20. The lowest BCUT2D eigenvalue weighted by atomic mass is 10.3. The summed E-state index contributed by atoms with van der Waals surface area (Å²) in [6.07, 6.45) is 4.33. The van der Waals surface area contributed by atoms with Crippen LogP contribution in [0.1, 0.15) is 13.3 Å². The van der Waals surface area contributed by atoms with Crippen molar-refractivity contribution < 1.29 is 9.84 Å². The molecule has 0 aliphatic heterocycles. The van der Waals surface area contributed by atoms with E-state index in [0.29, 0.717) is 6.61 Å². The van der Waals surface area contributed by atoms with Gasteiger partial charge in [-0.3, -0.25) is 4.98 Å². The first-order chi connectivity index (χ1) is 7.33. The van der Waals surface area contributed by atoms with Crippen LogP contribution in [-0.2, 0) is 0 Å². The summed E-state index contributed by atoms with van der Waals surface area (Å²) in [4.78, 5) is 3.95. The van der Waals surface area contributed by atoms with Crippen LogP contribution in [0, 0.1) is 0 Å². The van der Waals surface area contributed by atoms with Crippen LogP contribution in [0.4, 0.5) is 0 Å². The van der Waals surface area contributed by atoms with Crippen molar-refractivity contribution in [3.05, 3.63) is 24.5 Å². The predicted octanol–water partition coefficient (Wildman–Crippen LogP) is 0.821. The Hall–Kier alpha value is -1.13. The highest BCUT2D eigenvalue weighted by Crippen LogP contribution is 2.05. The summed E-state index contributed by atoms with van der Waals surface area (Å²) in [5, 5.41) is 11.9. The van der Waals surface area contributed by atoms with Crippen molar-refractivity contribution in [1.29, 1.82) is 0 Å². The van der Waals surface area contributed by atoms with E-state index in [1.165, 1.54) is 0 Å². The summed E-state index contributed by atoms with van der Waals surface area (Å²) in [7, 11) is 0. The molecule has 4 heteroatoms. The van der Waals surface area contributed by atoms with Crippen molar-refractivity contribution in [1.82, 2.24) is 10.3 Å². The number of aromatic nitrogens is 1. The van der Waals surface area contributed by atoms with Gasteiger partial charge >= 0.3 is 0 Å². The smallest absolute Gasteiger partial charge is 0.137 e. The molecule has 2 N–H and O–H groups in total. The van der Waals surface area contributed by atoms with Crippen molar-refractivity contribution in [2.24, 2.45) is 0 Å². The van der Waals surface area contributed by atoms with Crippen molar-refractivity contribution in [2.75, 3.05) is 19.8 Å². The molecule has 0 aliphatic rings. The van der Waals surface area contributed by atoms with Gasteiger partial charge in [0.15, 0.2) is 0 Å². The molecule has 1 heterocycles. The highest BCUT2D eigenvalue weighted by molar-refractivity contribution is 5.15. The van der Waals surface area contributed by atoms with Gasteiger partial charge in [-0.25, -0.2) is 0 Å². The second kappa shape index (κ2) is 7.20. The third-order valence-corrected chi connectivity index (χ3v) is 1.99. The van der Waals surface area contributed by atoms with E-state index in [0.717, 1.165) is 18.7 Å². The molecule has 0 saturated heterocycles. The summed E-state index contributed by atoms with van der Waals surface area (Å²) in [5.74, 6) is 0.799. The number of aliphatic hydroxyl groups excluding tert-OH is 1. The molecule has 0 fully saturated rings. The highest BCUT2D eigenvalue weighted by atomic mass is 16.5. The number of nitrogens with zero attached hydrogens (tertiary/aromatic N) is 1. The molecule has 4 nitrogen and oxygen atoms in total.